The molecule has 0 aromatic heterocycles. The first-order valence-corrected chi connectivity index (χ1v) is 4.76. The Labute approximate surface area is 88.3 Å². The molecule has 0 saturated heterocycles. The largest absolute Gasteiger partial charge is 0.490 e. The van der Waals surface area contributed by atoms with Crippen LogP contribution >= 0.6 is 0 Å². The van der Waals surface area contributed by atoms with Gasteiger partial charge in [0.1, 0.15) is 0 Å². The molecule has 1 aromatic carbocycles. The zero-order valence-electron chi connectivity index (χ0n) is 8.37. The minimum absolute atomic E-state index is 0.213. The Morgan fingerprint density at radius 2 is 2.27 bits per heavy atom. The van der Waals surface area contributed by atoms with Gasteiger partial charge in [-0.05, 0) is 24.1 Å². The molecule has 0 aliphatic heterocycles. The Morgan fingerprint density at radius 3 is 2.87 bits per heavy atom. The van der Waals surface area contributed by atoms with E-state index in [9.17, 15) is 4.39 Å². The molecule has 0 amide bonds. The minimum atomic E-state index is -0.407. The molecule has 0 spiro atoms. The van der Waals surface area contributed by atoms with Gasteiger partial charge < -0.3 is 10.5 Å². The number of benzene rings is 1. The molecule has 0 aliphatic carbocycles. The van der Waals surface area contributed by atoms with Gasteiger partial charge in [-0.1, -0.05) is 6.07 Å². The summed E-state index contributed by atoms with van der Waals surface area (Å²) in [5, 5.41) is 8.29. The Morgan fingerprint density at radius 1 is 1.47 bits per heavy atom. The van der Waals surface area contributed by atoms with Gasteiger partial charge in [0.15, 0.2) is 11.6 Å². The van der Waals surface area contributed by atoms with Crippen molar-refractivity contribution in [3.63, 3.8) is 0 Å². The number of hydrogen-bond donors (Lipinski definition) is 1. The maximum Gasteiger partial charge on any atom is 0.165 e. The number of nitriles is 1. The Bertz CT molecular complexity index is 360. The molecular formula is C11H13FN2O. The molecule has 0 bridgehead atoms. The standard InChI is InChI=1S/C11H13FN2O/c12-10-7-9(8-14)3-4-11(10)15-6-2-1-5-13/h3-4,7H,1-2,6,8,14H2. The maximum absolute atomic E-state index is 13.3. The SMILES string of the molecule is N#CCCCOc1ccc(CN)cc1F. The predicted octanol–water partition coefficient (Wildman–Crippen LogP) is 1.97. The normalized spacial score (nSPS) is 9.67. The number of ether oxygens (including phenoxy) is 1. The number of rotatable bonds is 5. The molecule has 1 aromatic rings. The summed E-state index contributed by atoms with van der Waals surface area (Å²) in [5.41, 5.74) is 6.10. The zero-order valence-corrected chi connectivity index (χ0v) is 8.37. The van der Waals surface area contributed by atoms with E-state index in [0.717, 1.165) is 5.56 Å². The molecule has 15 heavy (non-hydrogen) atoms. The molecule has 1 rings (SSSR count). The van der Waals surface area contributed by atoms with Crippen LogP contribution in [0.25, 0.3) is 0 Å². The Balaban J connectivity index is 2.51. The highest BCUT2D eigenvalue weighted by Gasteiger charge is 2.03. The second kappa shape index (κ2) is 5.99. The average Bonchev–Trinajstić information content (AvgIpc) is 2.26. The van der Waals surface area contributed by atoms with E-state index in [4.69, 9.17) is 15.7 Å². The Kier molecular flexibility index (Phi) is 4.58. The van der Waals surface area contributed by atoms with Crippen molar-refractivity contribution in [3.05, 3.63) is 29.6 Å². The van der Waals surface area contributed by atoms with Crippen molar-refractivity contribution in [2.24, 2.45) is 5.73 Å². The highest BCUT2D eigenvalue weighted by Crippen LogP contribution is 2.18. The first-order chi connectivity index (χ1) is 7.27. The van der Waals surface area contributed by atoms with Crippen LogP contribution in [0.3, 0.4) is 0 Å². The summed E-state index contributed by atoms with van der Waals surface area (Å²) >= 11 is 0. The summed E-state index contributed by atoms with van der Waals surface area (Å²) in [6.45, 7) is 0.665. The van der Waals surface area contributed by atoms with Crippen molar-refractivity contribution in [1.82, 2.24) is 0 Å². The van der Waals surface area contributed by atoms with E-state index in [1.807, 2.05) is 6.07 Å². The van der Waals surface area contributed by atoms with Gasteiger partial charge in [0, 0.05) is 13.0 Å². The lowest BCUT2D eigenvalue weighted by atomic mass is 10.2. The van der Waals surface area contributed by atoms with Gasteiger partial charge in [0.25, 0.3) is 0 Å². The van der Waals surface area contributed by atoms with Gasteiger partial charge in [-0.25, -0.2) is 4.39 Å². The Hall–Kier alpha value is -1.60. The molecule has 0 heterocycles. The second-order valence-electron chi connectivity index (χ2n) is 3.08. The van der Waals surface area contributed by atoms with Gasteiger partial charge in [0.05, 0.1) is 12.7 Å². The van der Waals surface area contributed by atoms with Gasteiger partial charge >= 0.3 is 0 Å². The van der Waals surface area contributed by atoms with Gasteiger partial charge in [0.2, 0.25) is 0 Å². The summed E-state index contributed by atoms with van der Waals surface area (Å²) in [6, 6.07) is 6.64. The quantitative estimate of drug-likeness (QED) is 0.752. The van der Waals surface area contributed by atoms with Gasteiger partial charge in [-0.3, -0.25) is 0 Å². The van der Waals surface area contributed by atoms with Crippen LogP contribution < -0.4 is 10.5 Å². The number of nitrogens with two attached hydrogens (primary N) is 1. The molecule has 0 saturated carbocycles. The fraction of sp³-hybridized carbons (Fsp3) is 0.364. The third-order valence-electron chi connectivity index (χ3n) is 1.92. The molecule has 0 fully saturated rings. The summed E-state index contributed by atoms with van der Waals surface area (Å²) in [5.74, 6) is -0.194. The predicted molar refractivity (Wildman–Crippen MR) is 54.6 cm³/mol. The van der Waals surface area contributed by atoms with Crippen LogP contribution in [0.5, 0.6) is 5.75 Å². The molecule has 0 aliphatic rings. The lowest BCUT2D eigenvalue weighted by Gasteiger charge is -2.06. The monoisotopic (exact) mass is 208 g/mol. The molecular weight excluding hydrogens is 195 g/mol. The molecule has 0 atom stereocenters. The smallest absolute Gasteiger partial charge is 0.165 e. The molecule has 0 unspecified atom stereocenters. The molecule has 2 N–H and O–H groups in total. The van der Waals surface area contributed by atoms with E-state index in [-0.39, 0.29) is 5.75 Å². The van der Waals surface area contributed by atoms with Crippen LogP contribution in [0.2, 0.25) is 0 Å². The number of hydrogen-bond acceptors (Lipinski definition) is 3. The third-order valence-corrected chi connectivity index (χ3v) is 1.92. The molecule has 0 radical (unpaired) electrons. The number of halogens is 1. The minimum Gasteiger partial charge on any atom is -0.490 e. The van der Waals surface area contributed by atoms with E-state index in [2.05, 4.69) is 0 Å². The molecule has 4 heteroatoms. The van der Waals surface area contributed by atoms with Gasteiger partial charge in [-0.15, -0.1) is 0 Å². The van der Waals surface area contributed by atoms with E-state index in [1.54, 1.807) is 12.1 Å². The first kappa shape index (κ1) is 11.5. The van der Waals surface area contributed by atoms with E-state index in [1.165, 1.54) is 6.07 Å². The van der Waals surface area contributed by atoms with Gasteiger partial charge in [-0.2, -0.15) is 5.26 Å². The third kappa shape index (κ3) is 3.56. The number of unbranched alkanes of at least 4 members (excludes halogenated alkanes) is 1. The highest BCUT2D eigenvalue weighted by atomic mass is 19.1. The van der Waals surface area contributed by atoms with Crippen LogP contribution in [-0.4, -0.2) is 6.61 Å². The highest BCUT2D eigenvalue weighted by molar-refractivity contribution is 5.29. The zero-order chi connectivity index (χ0) is 11.1. The summed E-state index contributed by atoms with van der Waals surface area (Å²) < 4.78 is 18.5. The van der Waals surface area contributed by atoms with E-state index < -0.39 is 5.82 Å². The van der Waals surface area contributed by atoms with Crippen LogP contribution in [0.4, 0.5) is 4.39 Å². The fourth-order valence-electron chi connectivity index (χ4n) is 1.12. The molecule has 3 nitrogen and oxygen atoms in total. The van der Waals surface area contributed by atoms with Crippen molar-refractivity contribution in [2.75, 3.05) is 6.61 Å². The maximum atomic E-state index is 13.3. The summed E-state index contributed by atoms with van der Waals surface area (Å²) in [4.78, 5) is 0. The summed E-state index contributed by atoms with van der Waals surface area (Å²) in [6.07, 6.45) is 1.02. The fourth-order valence-corrected chi connectivity index (χ4v) is 1.12. The lowest BCUT2D eigenvalue weighted by molar-refractivity contribution is 0.297. The van der Waals surface area contributed by atoms with Crippen LogP contribution in [0.1, 0.15) is 18.4 Å². The van der Waals surface area contributed by atoms with Crippen molar-refractivity contribution in [2.45, 2.75) is 19.4 Å². The van der Waals surface area contributed by atoms with E-state index in [0.29, 0.717) is 26.0 Å². The van der Waals surface area contributed by atoms with Crippen molar-refractivity contribution < 1.29 is 9.13 Å². The average molecular weight is 208 g/mol. The first-order valence-electron chi connectivity index (χ1n) is 4.76. The summed E-state index contributed by atoms with van der Waals surface area (Å²) in [7, 11) is 0. The van der Waals surface area contributed by atoms with Crippen LogP contribution in [-0.2, 0) is 6.54 Å². The number of nitrogens with zero attached hydrogens (tertiary/aromatic N) is 1. The van der Waals surface area contributed by atoms with Crippen LogP contribution in [0, 0.1) is 17.1 Å². The topological polar surface area (TPSA) is 59.0 Å². The van der Waals surface area contributed by atoms with Crippen molar-refractivity contribution in [1.29, 1.82) is 5.26 Å². The van der Waals surface area contributed by atoms with Crippen molar-refractivity contribution >= 4 is 0 Å². The lowest BCUT2D eigenvalue weighted by Crippen LogP contribution is -2.01. The van der Waals surface area contributed by atoms with E-state index >= 15 is 0 Å². The van der Waals surface area contributed by atoms with Crippen LogP contribution in [0.15, 0.2) is 18.2 Å². The van der Waals surface area contributed by atoms with Crippen molar-refractivity contribution in [3.8, 4) is 11.8 Å². The second-order valence-corrected chi connectivity index (χ2v) is 3.08. The molecule has 80 valence electrons.